The van der Waals surface area contributed by atoms with E-state index in [0.29, 0.717) is 6.61 Å². The van der Waals surface area contributed by atoms with Crippen LogP contribution in [0.25, 0.3) is 0 Å². The van der Waals surface area contributed by atoms with Gasteiger partial charge in [-0.15, -0.1) is 0 Å². The second kappa shape index (κ2) is 10.3. The Morgan fingerprint density at radius 2 is 1.87 bits per heavy atom. The first-order valence-electron chi connectivity index (χ1n) is 10.3. The van der Waals surface area contributed by atoms with Crippen LogP contribution in [0.4, 0.5) is 11.5 Å². The number of ether oxygens (including phenoxy) is 1. The Hall–Kier alpha value is -3.08. The normalized spacial score (nSPS) is 13.8. The van der Waals surface area contributed by atoms with Crippen molar-refractivity contribution >= 4 is 23.5 Å². The van der Waals surface area contributed by atoms with E-state index in [0.717, 1.165) is 65.0 Å². The average Bonchev–Trinajstić information content (AvgIpc) is 3.08. The van der Waals surface area contributed by atoms with Crippen LogP contribution in [-0.2, 0) is 4.74 Å². The van der Waals surface area contributed by atoms with Gasteiger partial charge < -0.3 is 14.4 Å². The van der Waals surface area contributed by atoms with E-state index in [9.17, 15) is 0 Å². The van der Waals surface area contributed by atoms with Crippen molar-refractivity contribution in [2.45, 2.75) is 25.2 Å². The van der Waals surface area contributed by atoms with Crippen LogP contribution in [0.2, 0.25) is 0 Å². The highest BCUT2D eigenvalue weighted by Crippen LogP contribution is 2.24. The van der Waals surface area contributed by atoms with Gasteiger partial charge in [0.2, 0.25) is 0 Å². The van der Waals surface area contributed by atoms with Crippen molar-refractivity contribution in [3.05, 3.63) is 71.4 Å². The summed E-state index contributed by atoms with van der Waals surface area (Å²) in [6.45, 7) is 7.16. The summed E-state index contributed by atoms with van der Waals surface area (Å²) in [5.41, 5.74) is 4.46. The lowest BCUT2D eigenvalue weighted by Gasteiger charge is -2.22. The maximum Gasteiger partial charge on any atom is 0.148 e. The number of pyridine rings is 1. The zero-order chi connectivity index (χ0) is 21.5. The predicted molar refractivity (Wildman–Crippen MR) is 125 cm³/mol. The lowest BCUT2D eigenvalue weighted by molar-refractivity contribution is 0.152. The first-order valence-corrected chi connectivity index (χ1v) is 11.1. The van der Waals surface area contributed by atoms with Gasteiger partial charge in [-0.05, 0) is 50.4 Å². The van der Waals surface area contributed by atoms with Crippen molar-refractivity contribution in [1.82, 2.24) is 15.0 Å². The summed E-state index contributed by atoms with van der Waals surface area (Å²) in [7, 11) is 0. The Kier molecular flexibility index (Phi) is 7.03. The zero-order valence-electron chi connectivity index (χ0n) is 17.8. The molecule has 31 heavy (non-hydrogen) atoms. The molecule has 1 aliphatic rings. The standard InChI is InChI=1S/C24H25N5OS/c1-18-22(24(27-17-26-18)29-11-6-13-30-14-12-29)10-9-20-15-23(19(2)25-16-20)28-31-21-7-4-3-5-8-21/h3-5,7-8,15-17,28H,6,11-14H2,1-2H3. The minimum Gasteiger partial charge on any atom is -0.380 e. The van der Waals surface area contributed by atoms with E-state index in [1.807, 2.05) is 38.1 Å². The van der Waals surface area contributed by atoms with Crippen molar-refractivity contribution in [3.63, 3.8) is 0 Å². The van der Waals surface area contributed by atoms with Crippen LogP contribution < -0.4 is 9.62 Å². The molecule has 1 aromatic carbocycles. The fourth-order valence-electron chi connectivity index (χ4n) is 3.25. The highest BCUT2D eigenvalue weighted by atomic mass is 32.2. The van der Waals surface area contributed by atoms with Gasteiger partial charge in [0.15, 0.2) is 0 Å². The van der Waals surface area contributed by atoms with Gasteiger partial charge >= 0.3 is 0 Å². The molecule has 158 valence electrons. The number of benzene rings is 1. The Morgan fingerprint density at radius 1 is 1.00 bits per heavy atom. The van der Waals surface area contributed by atoms with Gasteiger partial charge in [-0.25, -0.2) is 9.97 Å². The van der Waals surface area contributed by atoms with Crippen LogP contribution in [0, 0.1) is 25.7 Å². The van der Waals surface area contributed by atoms with E-state index < -0.39 is 0 Å². The van der Waals surface area contributed by atoms with Crippen LogP contribution in [-0.4, -0.2) is 41.3 Å². The molecule has 0 bridgehead atoms. The third-order valence-electron chi connectivity index (χ3n) is 4.98. The van der Waals surface area contributed by atoms with Crippen LogP contribution in [0.1, 0.15) is 28.9 Å². The second-order valence-corrected chi connectivity index (χ2v) is 8.11. The van der Waals surface area contributed by atoms with E-state index in [1.54, 1.807) is 24.5 Å². The Balaban J connectivity index is 1.57. The summed E-state index contributed by atoms with van der Waals surface area (Å²) < 4.78 is 8.98. The smallest absolute Gasteiger partial charge is 0.148 e. The number of nitrogens with zero attached hydrogens (tertiary/aromatic N) is 4. The SMILES string of the molecule is Cc1ncc(C#Cc2c(C)ncnc2N2CCCOCC2)cc1NSc1ccccc1. The van der Waals surface area contributed by atoms with Crippen LogP contribution in [0.5, 0.6) is 0 Å². The third-order valence-corrected chi connectivity index (χ3v) is 5.81. The molecule has 0 aliphatic carbocycles. The van der Waals surface area contributed by atoms with E-state index in [-0.39, 0.29) is 0 Å². The highest BCUT2D eigenvalue weighted by molar-refractivity contribution is 8.00. The summed E-state index contributed by atoms with van der Waals surface area (Å²) >= 11 is 1.56. The number of hydrogen-bond donors (Lipinski definition) is 1. The Morgan fingerprint density at radius 3 is 2.74 bits per heavy atom. The monoisotopic (exact) mass is 431 g/mol. The van der Waals surface area contributed by atoms with Crippen molar-refractivity contribution in [3.8, 4) is 11.8 Å². The second-order valence-electron chi connectivity index (χ2n) is 7.23. The van der Waals surface area contributed by atoms with Gasteiger partial charge in [0, 0.05) is 36.4 Å². The molecule has 0 amide bonds. The Labute approximate surface area is 187 Å². The molecule has 1 aliphatic heterocycles. The summed E-state index contributed by atoms with van der Waals surface area (Å²) in [5.74, 6) is 7.45. The molecule has 1 N–H and O–H groups in total. The van der Waals surface area contributed by atoms with Crippen molar-refractivity contribution < 1.29 is 4.74 Å². The maximum absolute atomic E-state index is 5.59. The van der Waals surface area contributed by atoms with E-state index in [2.05, 4.69) is 48.5 Å². The molecule has 0 atom stereocenters. The molecule has 0 radical (unpaired) electrons. The van der Waals surface area contributed by atoms with Crippen LogP contribution in [0.15, 0.2) is 53.8 Å². The highest BCUT2D eigenvalue weighted by Gasteiger charge is 2.16. The molecule has 6 nitrogen and oxygen atoms in total. The lowest BCUT2D eigenvalue weighted by atomic mass is 10.1. The molecular weight excluding hydrogens is 406 g/mol. The van der Waals surface area contributed by atoms with Gasteiger partial charge in [-0.1, -0.05) is 30.0 Å². The fraction of sp³-hybridized carbons (Fsp3) is 0.292. The summed E-state index contributed by atoms with van der Waals surface area (Å²) in [6, 6.07) is 12.2. The van der Waals surface area contributed by atoms with Gasteiger partial charge in [-0.2, -0.15) is 0 Å². The van der Waals surface area contributed by atoms with Crippen LogP contribution in [0.3, 0.4) is 0 Å². The third kappa shape index (κ3) is 5.54. The summed E-state index contributed by atoms with van der Waals surface area (Å²) in [4.78, 5) is 16.8. The van der Waals surface area contributed by atoms with Gasteiger partial charge in [0.1, 0.15) is 12.1 Å². The molecule has 4 rings (SSSR count). The van der Waals surface area contributed by atoms with Gasteiger partial charge in [-0.3, -0.25) is 4.98 Å². The lowest BCUT2D eigenvalue weighted by Crippen LogP contribution is -2.28. The van der Waals surface area contributed by atoms with Crippen molar-refractivity contribution in [2.75, 3.05) is 35.9 Å². The number of aryl methyl sites for hydroxylation is 2. The van der Waals surface area contributed by atoms with Crippen molar-refractivity contribution in [2.24, 2.45) is 0 Å². The molecule has 0 spiro atoms. The average molecular weight is 432 g/mol. The largest absolute Gasteiger partial charge is 0.380 e. The Bertz CT molecular complexity index is 1090. The van der Waals surface area contributed by atoms with E-state index >= 15 is 0 Å². The van der Waals surface area contributed by atoms with Crippen molar-refractivity contribution in [1.29, 1.82) is 0 Å². The zero-order valence-corrected chi connectivity index (χ0v) is 18.6. The fourth-order valence-corrected chi connectivity index (χ4v) is 3.97. The molecule has 0 unspecified atom stereocenters. The molecule has 7 heteroatoms. The topological polar surface area (TPSA) is 63.2 Å². The predicted octanol–water partition coefficient (Wildman–Crippen LogP) is 4.23. The molecule has 1 fully saturated rings. The van der Waals surface area contributed by atoms with E-state index in [1.165, 1.54) is 0 Å². The quantitative estimate of drug-likeness (QED) is 0.490. The van der Waals surface area contributed by atoms with Gasteiger partial charge in [0.05, 0.1) is 29.2 Å². The molecule has 0 saturated carbocycles. The summed E-state index contributed by atoms with van der Waals surface area (Å²) in [6.07, 6.45) is 4.39. The number of nitrogens with one attached hydrogen (secondary N) is 1. The molecular formula is C24H25N5OS. The molecule has 1 saturated heterocycles. The molecule has 3 aromatic rings. The first kappa shape index (κ1) is 21.2. The summed E-state index contributed by atoms with van der Waals surface area (Å²) in [5, 5.41) is 0. The minimum absolute atomic E-state index is 0.700. The van der Waals surface area contributed by atoms with Crippen LogP contribution >= 0.6 is 11.9 Å². The number of anilines is 2. The number of hydrogen-bond acceptors (Lipinski definition) is 7. The van der Waals surface area contributed by atoms with Gasteiger partial charge in [0.25, 0.3) is 0 Å². The maximum atomic E-state index is 5.59. The first-order chi connectivity index (χ1) is 15.2. The minimum atomic E-state index is 0.700. The van der Waals surface area contributed by atoms with E-state index in [4.69, 9.17) is 4.74 Å². The molecule has 3 heterocycles. The molecule has 2 aromatic heterocycles. The number of rotatable bonds is 4. The number of aromatic nitrogens is 3.